The minimum atomic E-state index is -0.823. The first-order valence-electron chi connectivity index (χ1n) is 3.85. The van der Waals surface area contributed by atoms with Gasteiger partial charge in [0.1, 0.15) is 5.15 Å². The van der Waals surface area contributed by atoms with Gasteiger partial charge in [-0.1, -0.05) is 11.6 Å². The van der Waals surface area contributed by atoms with Crippen LogP contribution in [-0.4, -0.2) is 21.8 Å². The molecular weight excluding hydrogens is 224 g/mol. The molecule has 0 saturated carbocycles. The van der Waals surface area contributed by atoms with Gasteiger partial charge in [-0.05, 0) is 6.07 Å². The summed E-state index contributed by atoms with van der Waals surface area (Å²) >= 11 is 7.02. The number of anilines is 1. The predicted molar refractivity (Wildman–Crippen MR) is 56.6 cm³/mol. The third-order valence-corrected chi connectivity index (χ3v) is 2.71. The van der Waals surface area contributed by atoms with E-state index in [2.05, 4.69) is 4.98 Å². The summed E-state index contributed by atoms with van der Waals surface area (Å²) in [7, 11) is 0. The second kappa shape index (κ2) is 5.07. The van der Waals surface area contributed by atoms with Crippen molar-refractivity contribution in [1.82, 2.24) is 4.98 Å². The molecule has 0 aliphatic heterocycles. The number of hydrogen-bond acceptors (Lipinski definition) is 4. The lowest BCUT2D eigenvalue weighted by atomic mass is 10.4. The highest BCUT2D eigenvalue weighted by Crippen LogP contribution is 2.26. The van der Waals surface area contributed by atoms with E-state index < -0.39 is 5.97 Å². The molecule has 0 spiro atoms. The highest BCUT2D eigenvalue weighted by atomic mass is 35.5. The Morgan fingerprint density at radius 3 is 3.07 bits per heavy atom. The van der Waals surface area contributed by atoms with E-state index in [1.807, 2.05) is 0 Å². The largest absolute Gasteiger partial charge is 0.481 e. The zero-order valence-corrected chi connectivity index (χ0v) is 8.81. The van der Waals surface area contributed by atoms with E-state index in [0.29, 0.717) is 16.6 Å². The molecule has 0 saturated heterocycles. The summed E-state index contributed by atoms with van der Waals surface area (Å²) in [6.07, 6.45) is 1.56. The molecule has 0 amide bonds. The predicted octanol–water partition coefficient (Wildman–Crippen LogP) is 1.88. The molecule has 0 aliphatic rings. The molecule has 14 heavy (non-hydrogen) atoms. The molecule has 76 valence electrons. The van der Waals surface area contributed by atoms with Crippen molar-refractivity contribution in [2.45, 2.75) is 11.3 Å². The normalized spacial score (nSPS) is 10.1. The van der Waals surface area contributed by atoms with Crippen molar-refractivity contribution < 1.29 is 9.90 Å². The van der Waals surface area contributed by atoms with Gasteiger partial charge < -0.3 is 10.8 Å². The molecule has 0 aromatic carbocycles. The smallest absolute Gasteiger partial charge is 0.304 e. The topological polar surface area (TPSA) is 76.2 Å². The van der Waals surface area contributed by atoms with Crippen molar-refractivity contribution in [2.24, 2.45) is 0 Å². The van der Waals surface area contributed by atoms with E-state index in [1.165, 1.54) is 18.0 Å². The van der Waals surface area contributed by atoms with Gasteiger partial charge in [-0.25, -0.2) is 4.98 Å². The molecule has 1 heterocycles. The molecule has 6 heteroatoms. The second-order valence-electron chi connectivity index (χ2n) is 2.54. The Hall–Kier alpha value is -0.940. The number of carboxylic acid groups (broad SMARTS) is 1. The maximum Gasteiger partial charge on any atom is 0.304 e. The lowest BCUT2D eigenvalue weighted by Crippen LogP contribution is -1.97. The van der Waals surface area contributed by atoms with E-state index in [-0.39, 0.29) is 6.42 Å². The fourth-order valence-corrected chi connectivity index (χ4v) is 1.93. The number of aromatic nitrogens is 1. The average Bonchev–Trinajstić information content (AvgIpc) is 2.10. The minimum absolute atomic E-state index is 0.101. The first-order chi connectivity index (χ1) is 6.59. The summed E-state index contributed by atoms with van der Waals surface area (Å²) in [5.41, 5.74) is 6.14. The van der Waals surface area contributed by atoms with Crippen LogP contribution in [0.3, 0.4) is 0 Å². The summed E-state index contributed by atoms with van der Waals surface area (Å²) in [4.78, 5) is 14.8. The maximum absolute atomic E-state index is 10.3. The average molecular weight is 233 g/mol. The van der Waals surface area contributed by atoms with Gasteiger partial charge in [0.15, 0.2) is 0 Å². The Balaban J connectivity index is 2.57. The van der Waals surface area contributed by atoms with Crippen LogP contribution in [-0.2, 0) is 4.79 Å². The van der Waals surface area contributed by atoms with Gasteiger partial charge in [0.2, 0.25) is 0 Å². The van der Waals surface area contributed by atoms with Crippen LogP contribution in [0, 0.1) is 0 Å². The maximum atomic E-state index is 10.3. The number of nitrogens with two attached hydrogens (primary N) is 1. The third-order valence-electron chi connectivity index (χ3n) is 1.44. The highest BCUT2D eigenvalue weighted by molar-refractivity contribution is 7.99. The number of pyridine rings is 1. The Morgan fingerprint density at radius 1 is 1.71 bits per heavy atom. The van der Waals surface area contributed by atoms with Crippen LogP contribution in [0.25, 0.3) is 0 Å². The summed E-state index contributed by atoms with van der Waals surface area (Å²) in [6, 6.07) is 1.63. The van der Waals surface area contributed by atoms with Gasteiger partial charge in [-0.2, -0.15) is 0 Å². The Bertz CT molecular complexity index is 346. The Morgan fingerprint density at radius 2 is 2.43 bits per heavy atom. The number of nitrogen functional groups attached to an aromatic ring is 1. The first kappa shape index (κ1) is 11.1. The molecule has 0 radical (unpaired) electrons. The molecule has 0 bridgehead atoms. The molecule has 4 nitrogen and oxygen atoms in total. The van der Waals surface area contributed by atoms with Crippen LogP contribution >= 0.6 is 23.4 Å². The summed E-state index contributed by atoms with van der Waals surface area (Å²) in [6.45, 7) is 0. The monoisotopic (exact) mass is 232 g/mol. The van der Waals surface area contributed by atoms with E-state index in [1.54, 1.807) is 6.07 Å². The number of nitrogens with zero attached hydrogens (tertiary/aromatic N) is 1. The zero-order valence-electron chi connectivity index (χ0n) is 7.24. The molecule has 1 rings (SSSR count). The van der Waals surface area contributed by atoms with E-state index in [0.717, 1.165) is 4.90 Å². The standard InChI is InChI=1S/C8H9ClN2O2S/c9-7-3-6(5(10)4-11-7)14-2-1-8(12)13/h3-4H,1-2,10H2,(H,12,13). The number of thioether (sulfide) groups is 1. The zero-order chi connectivity index (χ0) is 10.6. The van der Waals surface area contributed by atoms with Crippen molar-refractivity contribution in [1.29, 1.82) is 0 Å². The number of hydrogen-bond donors (Lipinski definition) is 2. The SMILES string of the molecule is Nc1cnc(Cl)cc1SCCC(=O)O. The van der Waals surface area contributed by atoms with E-state index >= 15 is 0 Å². The van der Waals surface area contributed by atoms with Crippen LogP contribution in [0.5, 0.6) is 0 Å². The summed E-state index contributed by atoms with van der Waals surface area (Å²) < 4.78 is 0. The number of rotatable bonds is 4. The minimum Gasteiger partial charge on any atom is -0.481 e. The molecule has 0 fully saturated rings. The van der Waals surface area contributed by atoms with Gasteiger partial charge in [0, 0.05) is 10.6 Å². The fraction of sp³-hybridized carbons (Fsp3) is 0.250. The molecule has 0 aliphatic carbocycles. The van der Waals surface area contributed by atoms with Gasteiger partial charge >= 0.3 is 5.97 Å². The van der Waals surface area contributed by atoms with Crippen molar-refractivity contribution >= 4 is 35.0 Å². The number of aliphatic carboxylic acids is 1. The van der Waals surface area contributed by atoms with Crippen molar-refractivity contribution in [2.75, 3.05) is 11.5 Å². The molecule has 1 aromatic heterocycles. The highest BCUT2D eigenvalue weighted by Gasteiger charge is 2.03. The van der Waals surface area contributed by atoms with Gasteiger partial charge in [0.05, 0.1) is 18.3 Å². The Kier molecular flexibility index (Phi) is 4.03. The lowest BCUT2D eigenvalue weighted by molar-refractivity contribution is -0.136. The van der Waals surface area contributed by atoms with Crippen LogP contribution in [0.2, 0.25) is 5.15 Å². The summed E-state index contributed by atoms with van der Waals surface area (Å²) in [5.74, 6) is -0.351. The van der Waals surface area contributed by atoms with Crippen molar-refractivity contribution in [3.05, 3.63) is 17.4 Å². The van der Waals surface area contributed by atoms with E-state index in [9.17, 15) is 4.79 Å². The van der Waals surface area contributed by atoms with Crippen LogP contribution in [0.15, 0.2) is 17.2 Å². The quantitative estimate of drug-likeness (QED) is 0.612. The molecule has 3 N–H and O–H groups in total. The van der Waals surface area contributed by atoms with E-state index in [4.69, 9.17) is 22.4 Å². The van der Waals surface area contributed by atoms with Gasteiger partial charge in [-0.3, -0.25) is 4.79 Å². The molecule has 0 unspecified atom stereocenters. The second-order valence-corrected chi connectivity index (χ2v) is 4.06. The van der Waals surface area contributed by atoms with Crippen LogP contribution in [0.4, 0.5) is 5.69 Å². The number of carboxylic acids is 1. The summed E-state index contributed by atoms with van der Waals surface area (Å²) in [5, 5.41) is 8.79. The molecular formula is C8H9ClN2O2S. The van der Waals surface area contributed by atoms with Gasteiger partial charge in [0.25, 0.3) is 0 Å². The van der Waals surface area contributed by atoms with Gasteiger partial charge in [-0.15, -0.1) is 11.8 Å². The fourth-order valence-electron chi connectivity index (χ4n) is 0.797. The Labute approximate surface area is 90.5 Å². The lowest BCUT2D eigenvalue weighted by Gasteiger charge is -2.03. The van der Waals surface area contributed by atoms with Crippen LogP contribution < -0.4 is 5.73 Å². The third kappa shape index (κ3) is 3.43. The van der Waals surface area contributed by atoms with Crippen molar-refractivity contribution in [3.8, 4) is 0 Å². The molecule has 0 atom stereocenters. The first-order valence-corrected chi connectivity index (χ1v) is 5.21. The number of halogens is 1. The number of carbonyl (C=O) groups is 1. The van der Waals surface area contributed by atoms with Crippen molar-refractivity contribution in [3.63, 3.8) is 0 Å². The van der Waals surface area contributed by atoms with Crippen LogP contribution in [0.1, 0.15) is 6.42 Å². The molecule has 1 aromatic rings.